The third-order valence-electron chi connectivity index (χ3n) is 6.36. The van der Waals surface area contributed by atoms with Gasteiger partial charge in [0.2, 0.25) is 0 Å². The van der Waals surface area contributed by atoms with Gasteiger partial charge in [0.25, 0.3) is 0 Å². The van der Waals surface area contributed by atoms with E-state index in [9.17, 15) is 24.8 Å². The maximum Gasteiger partial charge on any atom is 0.176 e. The van der Waals surface area contributed by atoms with Crippen molar-refractivity contribution in [2.45, 2.75) is 61.7 Å². The Kier molecular flexibility index (Phi) is 7.10. The van der Waals surface area contributed by atoms with Gasteiger partial charge in [-0.05, 0) is 55.5 Å². The molecule has 1 aromatic carbocycles. The van der Waals surface area contributed by atoms with E-state index in [0.29, 0.717) is 24.0 Å². The summed E-state index contributed by atoms with van der Waals surface area (Å²) >= 11 is 1.41. The summed E-state index contributed by atoms with van der Waals surface area (Å²) in [5.41, 5.74) is 1.46. The van der Waals surface area contributed by atoms with Crippen molar-refractivity contribution in [1.29, 1.82) is 0 Å². The second-order valence-corrected chi connectivity index (χ2v) is 9.93. The summed E-state index contributed by atoms with van der Waals surface area (Å²) in [5, 5.41) is 42.3. The molecule has 1 heterocycles. The summed E-state index contributed by atoms with van der Waals surface area (Å²) < 4.78 is 13.2. The molecular formula is C25H30FNO4S. The number of aliphatic hydroxyl groups excluding tert-OH is 4. The maximum atomic E-state index is 13.2. The van der Waals surface area contributed by atoms with Crippen LogP contribution in [0.3, 0.4) is 0 Å². The molecule has 1 aliphatic heterocycles. The largest absolute Gasteiger partial charge is 0.508 e. The summed E-state index contributed by atoms with van der Waals surface area (Å²) in [4.78, 5) is 1.93. The highest BCUT2D eigenvalue weighted by atomic mass is 32.2. The fourth-order valence-corrected chi connectivity index (χ4v) is 5.96. The fraction of sp³-hybridized carbons (Fsp3) is 0.440. The van der Waals surface area contributed by atoms with Crippen LogP contribution in [0.15, 0.2) is 71.7 Å². The van der Waals surface area contributed by atoms with Gasteiger partial charge in [-0.2, -0.15) is 0 Å². The fourth-order valence-electron chi connectivity index (χ4n) is 4.57. The third kappa shape index (κ3) is 4.81. The molecule has 1 saturated heterocycles. The Bertz CT molecular complexity index is 942. The molecule has 0 amide bonds. The van der Waals surface area contributed by atoms with Crippen molar-refractivity contribution >= 4 is 11.8 Å². The van der Waals surface area contributed by atoms with Gasteiger partial charge >= 0.3 is 0 Å². The maximum absolute atomic E-state index is 13.2. The highest BCUT2D eigenvalue weighted by Crippen LogP contribution is 2.46. The van der Waals surface area contributed by atoms with E-state index in [-0.39, 0.29) is 28.8 Å². The summed E-state index contributed by atoms with van der Waals surface area (Å²) in [6.07, 6.45) is 10.9. The standard InChI is InChI=1S/C25H30FNO4S/c1-15-13-19(22(30)14-21(15)29)24-23(12-11-20(28)16-7-9-17(26)10-8-16)32-25(31)27(24)18-5-3-2-4-6-18/h3,5-10,13-15,20-21,23-25,28-31H,2,4,11-12H2,1H3. The number of benzene rings is 1. The molecule has 5 nitrogen and oxygen atoms in total. The number of thioether (sulfide) groups is 1. The molecule has 0 aromatic heterocycles. The molecule has 32 heavy (non-hydrogen) atoms. The van der Waals surface area contributed by atoms with Crippen molar-refractivity contribution in [3.8, 4) is 0 Å². The van der Waals surface area contributed by atoms with Crippen LogP contribution in [0.5, 0.6) is 0 Å². The van der Waals surface area contributed by atoms with Gasteiger partial charge in [0.15, 0.2) is 5.56 Å². The average molecular weight is 460 g/mol. The van der Waals surface area contributed by atoms with E-state index in [0.717, 1.165) is 18.5 Å². The SMILES string of the molecule is CC1C=C(C2C(CCC(O)c3ccc(F)cc3)SC(O)N2C2=CCCC=C2)C(O)=CC1O. The summed E-state index contributed by atoms with van der Waals surface area (Å²) in [6.45, 7) is 1.89. The van der Waals surface area contributed by atoms with Gasteiger partial charge in [-0.1, -0.05) is 37.3 Å². The van der Waals surface area contributed by atoms with E-state index < -0.39 is 17.8 Å². The van der Waals surface area contributed by atoms with Crippen molar-refractivity contribution in [3.63, 3.8) is 0 Å². The van der Waals surface area contributed by atoms with Crippen LogP contribution in [0.2, 0.25) is 0 Å². The van der Waals surface area contributed by atoms with E-state index in [1.54, 1.807) is 12.1 Å². The Morgan fingerprint density at radius 2 is 1.91 bits per heavy atom. The van der Waals surface area contributed by atoms with Gasteiger partial charge in [0.05, 0.1) is 18.2 Å². The molecule has 6 atom stereocenters. The topological polar surface area (TPSA) is 84.2 Å². The predicted octanol–water partition coefficient (Wildman–Crippen LogP) is 4.31. The molecule has 7 heteroatoms. The second kappa shape index (κ2) is 9.83. The summed E-state index contributed by atoms with van der Waals surface area (Å²) in [6, 6.07) is 5.53. The van der Waals surface area contributed by atoms with Crippen LogP contribution in [0, 0.1) is 11.7 Å². The van der Waals surface area contributed by atoms with E-state index >= 15 is 0 Å². The molecule has 0 bridgehead atoms. The van der Waals surface area contributed by atoms with Crippen molar-refractivity contribution < 1.29 is 24.8 Å². The molecule has 1 aromatic rings. The molecule has 0 spiro atoms. The first-order valence-electron chi connectivity index (χ1n) is 11.1. The Hall–Kier alpha value is -2.06. The minimum absolute atomic E-state index is 0.0322. The second-order valence-electron chi connectivity index (χ2n) is 8.63. The lowest BCUT2D eigenvalue weighted by Crippen LogP contribution is -2.41. The number of rotatable bonds is 6. The first-order valence-corrected chi connectivity index (χ1v) is 12.0. The van der Waals surface area contributed by atoms with Gasteiger partial charge in [-0.25, -0.2) is 4.39 Å². The highest BCUT2D eigenvalue weighted by Gasteiger charge is 2.45. The Labute approximate surface area is 192 Å². The lowest BCUT2D eigenvalue weighted by Gasteiger charge is -2.35. The minimum Gasteiger partial charge on any atom is -0.508 e. The molecule has 4 rings (SSSR count). The minimum atomic E-state index is -0.794. The van der Waals surface area contributed by atoms with Crippen LogP contribution in [0.4, 0.5) is 4.39 Å². The lowest BCUT2D eigenvalue weighted by molar-refractivity contribution is 0.0949. The highest BCUT2D eigenvalue weighted by molar-refractivity contribution is 8.00. The van der Waals surface area contributed by atoms with E-state index in [1.165, 1.54) is 30.0 Å². The van der Waals surface area contributed by atoms with Crippen LogP contribution in [-0.2, 0) is 0 Å². The predicted molar refractivity (Wildman–Crippen MR) is 124 cm³/mol. The van der Waals surface area contributed by atoms with Gasteiger partial charge in [0.1, 0.15) is 11.6 Å². The zero-order valence-corrected chi connectivity index (χ0v) is 18.8. The van der Waals surface area contributed by atoms with Crippen LogP contribution < -0.4 is 0 Å². The van der Waals surface area contributed by atoms with Crippen LogP contribution in [0.25, 0.3) is 0 Å². The number of hydrogen-bond donors (Lipinski definition) is 4. The molecule has 1 fully saturated rings. The van der Waals surface area contributed by atoms with Crippen LogP contribution in [0.1, 0.15) is 44.3 Å². The van der Waals surface area contributed by atoms with Crippen molar-refractivity contribution in [1.82, 2.24) is 4.90 Å². The zero-order chi connectivity index (χ0) is 22.8. The number of nitrogens with zero attached hydrogens (tertiary/aromatic N) is 1. The monoisotopic (exact) mass is 459 g/mol. The van der Waals surface area contributed by atoms with E-state index in [1.807, 2.05) is 24.0 Å². The van der Waals surface area contributed by atoms with Gasteiger partial charge in [0, 0.05) is 22.4 Å². The summed E-state index contributed by atoms with van der Waals surface area (Å²) in [5.74, 6) is -0.473. The molecule has 0 radical (unpaired) electrons. The Morgan fingerprint density at radius 3 is 2.59 bits per heavy atom. The normalized spacial score (nSPS) is 31.2. The van der Waals surface area contributed by atoms with Gasteiger partial charge < -0.3 is 25.3 Å². The van der Waals surface area contributed by atoms with Gasteiger partial charge in [-0.15, -0.1) is 11.8 Å². The smallest absolute Gasteiger partial charge is 0.176 e. The Balaban J connectivity index is 1.59. The number of halogens is 1. The molecule has 2 aliphatic carbocycles. The van der Waals surface area contributed by atoms with Crippen molar-refractivity contribution in [3.05, 3.63) is 83.1 Å². The lowest BCUT2D eigenvalue weighted by atomic mass is 9.86. The number of hydrogen-bond acceptors (Lipinski definition) is 6. The average Bonchev–Trinajstić information content (AvgIpc) is 3.11. The zero-order valence-electron chi connectivity index (χ0n) is 18.0. The number of aliphatic hydroxyl groups is 4. The number of allylic oxidation sites excluding steroid dienone is 3. The first-order chi connectivity index (χ1) is 15.3. The van der Waals surface area contributed by atoms with Crippen LogP contribution in [-0.4, -0.2) is 48.3 Å². The Morgan fingerprint density at radius 1 is 1.16 bits per heavy atom. The third-order valence-corrected chi connectivity index (χ3v) is 7.68. The summed E-state index contributed by atoms with van der Waals surface area (Å²) in [7, 11) is 0. The van der Waals surface area contributed by atoms with Crippen molar-refractivity contribution in [2.24, 2.45) is 5.92 Å². The molecule has 6 unspecified atom stereocenters. The first kappa shape index (κ1) is 23.1. The molecule has 172 valence electrons. The molecule has 3 aliphatic rings. The van der Waals surface area contributed by atoms with Crippen LogP contribution >= 0.6 is 11.8 Å². The molecule has 4 N–H and O–H groups in total. The van der Waals surface area contributed by atoms with E-state index in [2.05, 4.69) is 12.2 Å². The quantitative estimate of drug-likeness (QED) is 0.507. The van der Waals surface area contributed by atoms with Crippen molar-refractivity contribution in [2.75, 3.05) is 0 Å². The molecule has 0 saturated carbocycles. The molecular weight excluding hydrogens is 429 g/mol. The van der Waals surface area contributed by atoms with E-state index in [4.69, 9.17) is 0 Å². The van der Waals surface area contributed by atoms with Gasteiger partial charge in [-0.3, -0.25) is 0 Å².